The van der Waals surface area contributed by atoms with E-state index in [1.54, 1.807) is 0 Å². The molecule has 1 saturated carbocycles. The molecule has 2 nitrogen and oxygen atoms in total. The molecule has 0 saturated heterocycles. The van der Waals surface area contributed by atoms with E-state index in [0.717, 1.165) is 25.9 Å². The molecule has 0 radical (unpaired) electrons. The van der Waals surface area contributed by atoms with Crippen LogP contribution in [0.2, 0.25) is 0 Å². The number of aliphatic hydroxyl groups is 1. The lowest BCUT2D eigenvalue weighted by Crippen LogP contribution is -2.40. The summed E-state index contributed by atoms with van der Waals surface area (Å²) in [5.41, 5.74) is 1.08. The Morgan fingerprint density at radius 1 is 1.32 bits per heavy atom. The number of thioether (sulfide) groups is 1. The number of hydrogen-bond acceptors (Lipinski definition) is 3. The Morgan fingerprint density at radius 3 is 2.84 bits per heavy atom. The molecule has 1 fully saturated rings. The van der Waals surface area contributed by atoms with Crippen LogP contribution in [0.4, 0.5) is 0 Å². The van der Waals surface area contributed by atoms with Gasteiger partial charge in [-0.3, -0.25) is 0 Å². The van der Waals surface area contributed by atoms with Gasteiger partial charge in [-0.05, 0) is 31.5 Å². The van der Waals surface area contributed by atoms with Crippen LogP contribution in [0.5, 0.6) is 0 Å². The molecule has 1 aromatic rings. The average molecular weight is 277 g/mol. The van der Waals surface area contributed by atoms with Gasteiger partial charge >= 0.3 is 0 Å². The lowest BCUT2D eigenvalue weighted by Gasteiger charge is -2.30. The van der Waals surface area contributed by atoms with Gasteiger partial charge in [-0.15, -0.1) is 11.8 Å². The molecule has 1 heterocycles. The highest BCUT2D eigenvalue weighted by Gasteiger charge is 2.33. The van der Waals surface area contributed by atoms with Crippen LogP contribution in [0.25, 0.3) is 0 Å². The van der Waals surface area contributed by atoms with Crippen molar-refractivity contribution in [2.45, 2.75) is 42.1 Å². The van der Waals surface area contributed by atoms with Gasteiger partial charge in [0.05, 0.1) is 5.60 Å². The van der Waals surface area contributed by atoms with E-state index < -0.39 is 5.60 Å². The van der Waals surface area contributed by atoms with Crippen molar-refractivity contribution < 1.29 is 5.11 Å². The lowest BCUT2D eigenvalue weighted by atomic mass is 9.98. The summed E-state index contributed by atoms with van der Waals surface area (Å²) in [6.07, 6.45) is 4.33. The summed E-state index contributed by atoms with van der Waals surface area (Å²) in [6, 6.07) is 8.75. The fourth-order valence-corrected chi connectivity index (χ4v) is 4.76. The smallest absolute Gasteiger partial charge is 0.0774 e. The van der Waals surface area contributed by atoms with E-state index in [2.05, 4.69) is 36.2 Å². The number of fused-ring (bicyclic) bond motifs is 1. The zero-order valence-corrected chi connectivity index (χ0v) is 12.5. The summed E-state index contributed by atoms with van der Waals surface area (Å²) >= 11 is 1.97. The molecule has 104 valence electrons. The quantitative estimate of drug-likeness (QED) is 0.915. The summed E-state index contributed by atoms with van der Waals surface area (Å²) in [7, 11) is 2.15. The van der Waals surface area contributed by atoms with E-state index in [-0.39, 0.29) is 0 Å². The monoisotopic (exact) mass is 277 g/mol. The minimum Gasteiger partial charge on any atom is -0.389 e. The van der Waals surface area contributed by atoms with Crippen LogP contribution >= 0.6 is 11.8 Å². The maximum Gasteiger partial charge on any atom is 0.0774 e. The predicted octanol–water partition coefficient (Wildman–Crippen LogP) is 3.11. The third-order valence-electron chi connectivity index (χ3n) is 4.43. The first-order valence-corrected chi connectivity index (χ1v) is 8.27. The van der Waals surface area contributed by atoms with Crippen molar-refractivity contribution in [3.05, 3.63) is 29.8 Å². The van der Waals surface area contributed by atoms with Gasteiger partial charge in [0.25, 0.3) is 0 Å². The highest BCUT2D eigenvalue weighted by atomic mass is 32.2. The molecule has 3 rings (SSSR count). The van der Waals surface area contributed by atoms with Crippen molar-refractivity contribution >= 4 is 11.8 Å². The van der Waals surface area contributed by atoms with Crippen LogP contribution in [0.15, 0.2) is 29.2 Å². The third kappa shape index (κ3) is 2.99. The molecule has 0 bridgehead atoms. The standard InChI is InChI=1S/C16H23NOS/c1-17(12-16(18)8-4-5-9-16)10-13-11-19-15-7-3-2-6-14(13)15/h2-3,6-7,13,18H,4-5,8-12H2,1H3. The normalized spacial score (nSPS) is 24.9. The molecule has 1 N–H and O–H groups in total. The van der Waals surface area contributed by atoms with Gasteiger partial charge in [-0.25, -0.2) is 0 Å². The molecular formula is C16H23NOS. The number of rotatable bonds is 4. The minimum absolute atomic E-state index is 0.417. The van der Waals surface area contributed by atoms with E-state index >= 15 is 0 Å². The third-order valence-corrected chi connectivity index (χ3v) is 5.68. The summed E-state index contributed by atoms with van der Waals surface area (Å²) in [5.74, 6) is 1.80. The van der Waals surface area contributed by atoms with Crippen LogP contribution < -0.4 is 0 Å². The fraction of sp³-hybridized carbons (Fsp3) is 0.625. The highest BCUT2D eigenvalue weighted by molar-refractivity contribution is 7.99. The van der Waals surface area contributed by atoms with Crippen LogP contribution in [0.1, 0.15) is 37.2 Å². The molecular weight excluding hydrogens is 254 g/mol. The average Bonchev–Trinajstić information content (AvgIpc) is 2.97. The van der Waals surface area contributed by atoms with Gasteiger partial charge in [0.15, 0.2) is 0 Å². The second-order valence-corrected chi connectivity index (χ2v) is 7.24. The summed E-state index contributed by atoms with van der Waals surface area (Å²) in [6.45, 7) is 1.89. The number of likely N-dealkylation sites (N-methyl/N-ethyl adjacent to an activating group) is 1. The number of benzene rings is 1. The van der Waals surface area contributed by atoms with E-state index in [1.165, 1.54) is 29.1 Å². The molecule has 2 aliphatic rings. The van der Waals surface area contributed by atoms with Crippen molar-refractivity contribution in [3.8, 4) is 0 Å². The first kappa shape index (κ1) is 13.5. The molecule has 1 aliphatic heterocycles. The molecule has 0 spiro atoms. The number of nitrogens with zero attached hydrogens (tertiary/aromatic N) is 1. The SMILES string of the molecule is CN(CC1CSc2ccccc21)CC1(O)CCCC1. The molecule has 1 aliphatic carbocycles. The van der Waals surface area contributed by atoms with Crippen molar-refractivity contribution in [2.75, 3.05) is 25.9 Å². The molecule has 1 unspecified atom stereocenters. The lowest BCUT2D eigenvalue weighted by molar-refractivity contribution is 0.0155. The van der Waals surface area contributed by atoms with Gasteiger partial charge in [0, 0.05) is 29.7 Å². The molecule has 0 aromatic heterocycles. The molecule has 0 amide bonds. The Hall–Kier alpha value is -0.510. The molecule has 1 atom stereocenters. The Labute approximate surface area is 120 Å². The van der Waals surface area contributed by atoms with Crippen molar-refractivity contribution in [3.63, 3.8) is 0 Å². The van der Waals surface area contributed by atoms with Gasteiger partial charge in [-0.2, -0.15) is 0 Å². The highest BCUT2D eigenvalue weighted by Crippen LogP contribution is 2.40. The maximum atomic E-state index is 10.5. The van der Waals surface area contributed by atoms with E-state index in [4.69, 9.17) is 0 Å². The van der Waals surface area contributed by atoms with Gasteiger partial charge < -0.3 is 10.0 Å². The van der Waals surface area contributed by atoms with E-state index in [0.29, 0.717) is 5.92 Å². The predicted molar refractivity (Wildman–Crippen MR) is 80.8 cm³/mol. The van der Waals surface area contributed by atoms with Gasteiger partial charge in [0.2, 0.25) is 0 Å². The van der Waals surface area contributed by atoms with Crippen molar-refractivity contribution in [1.82, 2.24) is 4.90 Å². The first-order chi connectivity index (χ1) is 9.16. The molecule has 3 heteroatoms. The summed E-state index contributed by atoms with van der Waals surface area (Å²) in [4.78, 5) is 3.78. The van der Waals surface area contributed by atoms with Gasteiger partial charge in [-0.1, -0.05) is 31.0 Å². The number of hydrogen-bond donors (Lipinski definition) is 1. The maximum absolute atomic E-state index is 10.5. The molecule has 19 heavy (non-hydrogen) atoms. The molecule has 1 aromatic carbocycles. The topological polar surface area (TPSA) is 23.5 Å². The Bertz CT molecular complexity index is 442. The van der Waals surface area contributed by atoms with E-state index in [9.17, 15) is 5.11 Å². The Kier molecular flexibility index (Phi) is 3.88. The Morgan fingerprint density at radius 2 is 2.05 bits per heavy atom. The zero-order valence-electron chi connectivity index (χ0n) is 11.6. The van der Waals surface area contributed by atoms with E-state index in [1.807, 2.05) is 11.8 Å². The van der Waals surface area contributed by atoms with Crippen LogP contribution in [-0.2, 0) is 0 Å². The second kappa shape index (κ2) is 5.47. The largest absolute Gasteiger partial charge is 0.389 e. The second-order valence-electron chi connectivity index (χ2n) is 6.17. The van der Waals surface area contributed by atoms with Crippen LogP contribution in [0.3, 0.4) is 0 Å². The Balaban J connectivity index is 1.60. The first-order valence-electron chi connectivity index (χ1n) is 7.29. The minimum atomic E-state index is -0.417. The van der Waals surface area contributed by atoms with Crippen LogP contribution in [-0.4, -0.2) is 41.5 Å². The summed E-state index contributed by atoms with van der Waals surface area (Å²) < 4.78 is 0. The van der Waals surface area contributed by atoms with Gasteiger partial charge in [0.1, 0.15) is 0 Å². The van der Waals surface area contributed by atoms with Crippen LogP contribution in [0, 0.1) is 0 Å². The zero-order chi connectivity index (χ0) is 13.3. The summed E-state index contributed by atoms with van der Waals surface area (Å²) in [5, 5.41) is 10.5. The van der Waals surface area contributed by atoms with Crippen molar-refractivity contribution in [1.29, 1.82) is 0 Å². The fourth-order valence-electron chi connectivity index (χ4n) is 3.51. The van der Waals surface area contributed by atoms with Crippen molar-refractivity contribution in [2.24, 2.45) is 0 Å².